The summed E-state index contributed by atoms with van der Waals surface area (Å²) >= 11 is 0. The Morgan fingerprint density at radius 3 is 2.73 bits per heavy atom. The lowest BCUT2D eigenvalue weighted by molar-refractivity contribution is -0.110. The minimum Gasteiger partial charge on any atom is -0.358 e. The maximum absolute atomic E-state index is 13.0. The number of pyridine rings is 1. The second-order valence-corrected chi connectivity index (χ2v) is 8.26. The molecule has 2 aromatic rings. The molecule has 3 aliphatic rings. The molecule has 3 N–H and O–H groups in total. The van der Waals surface area contributed by atoms with Gasteiger partial charge in [0.1, 0.15) is 11.5 Å². The fourth-order valence-corrected chi connectivity index (χ4v) is 4.14. The van der Waals surface area contributed by atoms with Gasteiger partial charge in [0, 0.05) is 45.0 Å². The molecule has 2 amide bonds. The number of nitrogens with zero attached hydrogens (tertiary/aromatic N) is 3. The largest absolute Gasteiger partial charge is 0.358 e. The lowest BCUT2D eigenvalue weighted by Crippen LogP contribution is -2.38. The summed E-state index contributed by atoms with van der Waals surface area (Å²) < 4.78 is 0. The number of hydrogen-bond donors (Lipinski definition) is 3. The van der Waals surface area contributed by atoms with Gasteiger partial charge < -0.3 is 25.4 Å². The van der Waals surface area contributed by atoms with Crippen molar-refractivity contribution in [3.05, 3.63) is 40.8 Å². The number of nitrogens with one attached hydrogen (secondary N) is 3. The molecule has 4 heterocycles. The van der Waals surface area contributed by atoms with E-state index in [2.05, 4.69) is 20.5 Å². The van der Waals surface area contributed by atoms with Crippen LogP contribution < -0.4 is 15.5 Å². The SMILES string of the molecule is Cc1cc2c([nH]1)/C=C1\C(=O)Nc3ccc(nc31)N(C1CC1)CCNCCN(C)C2=O. The Labute approximate surface area is 175 Å². The smallest absolute Gasteiger partial charge is 0.258 e. The van der Waals surface area contributed by atoms with E-state index in [1.807, 2.05) is 32.2 Å². The minimum absolute atomic E-state index is 0.0668. The number of aromatic amines is 1. The molecule has 2 bridgehead atoms. The fraction of sp³-hybridized carbons (Fsp3) is 0.409. The zero-order valence-corrected chi connectivity index (χ0v) is 17.3. The average molecular weight is 406 g/mol. The average Bonchev–Trinajstić information content (AvgIpc) is 3.43. The van der Waals surface area contributed by atoms with Crippen molar-refractivity contribution in [3.8, 4) is 0 Å². The van der Waals surface area contributed by atoms with Gasteiger partial charge in [-0.3, -0.25) is 9.59 Å². The zero-order chi connectivity index (χ0) is 20.8. The predicted octanol–water partition coefficient (Wildman–Crippen LogP) is 1.85. The highest BCUT2D eigenvalue weighted by atomic mass is 16.2. The molecule has 156 valence electrons. The summed E-state index contributed by atoms with van der Waals surface area (Å²) in [6.07, 6.45) is 4.09. The Morgan fingerprint density at radius 1 is 1.13 bits per heavy atom. The highest BCUT2D eigenvalue weighted by Crippen LogP contribution is 2.36. The van der Waals surface area contributed by atoms with Crippen molar-refractivity contribution >= 4 is 35.0 Å². The van der Waals surface area contributed by atoms with Crippen molar-refractivity contribution < 1.29 is 9.59 Å². The molecule has 8 heteroatoms. The molecule has 5 rings (SSSR count). The fourth-order valence-electron chi connectivity index (χ4n) is 4.14. The summed E-state index contributed by atoms with van der Waals surface area (Å²) in [5, 5.41) is 6.35. The predicted molar refractivity (Wildman–Crippen MR) is 116 cm³/mol. The zero-order valence-electron chi connectivity index (χ0n) is 17.3. The molecular formula is C22H26N6O2. The van der Waals surface area contributed by atoms with Crippen LogP contribution in [0.5, 0.6) is 0 Å². The first-order valence-electron chi connectivity index (χ1n) is 10.5. The number of rotatable bonds is 1. The van der Waals surface area contributed by atoms with Gasteiger partial charge in [0.2, 0.25) is 0 Å². The Hall–Kier alpha value is -3.13. The summed E-state index contributed by atoms with van der Waals surface area (Å²) in [4.78, 5) is 37.9. The molecule has 2 aromatic heterocycles. The number of anilines is 2. The molecule has 1 saturated carbocycles. The van der Waals surface area contributed by atoms with Gasteiger partial charge in [0.15, 0.2) is 0 Å². The normalized spacial score (nSPS) is 21.5. The Balaban J connectivity index is 1.63. The van der Waals surface area contributed by atoms with E-state index in [0.717, 1.165) is 31.1 Å². The summed E-state index contributed by atoms with van der Waals surface area (Å²) in [6, 6.07) is 6.26. The van der Waals surface area contributed by atoms with Crippen LogP contribution in [0.25, 0.3) is 11.6 Å². The van der Waals surface area contributed by atoms with E-state index in [-0.39, 0.29) is 11.8 Å². The summed E-state index contributed by atoms with van der Waals surface area (Å²) in [7, 11) is 1.81. The Kier molecular flexibility index (Phi) is 4.58. The van der Waals surface area contributed by atoms with Crippen molar-refractivity contribution in [2.45, 2.75) is 25.8 Å². The number of aryl methyl sites for hydroxylation is 1. The highest BCUT2D eigenvalue weighted by molar-refractivity contribution is 6.34. The quantitative estimate of drug-likeness (QED) is 0.672. The van der Waals surface area contributed by atoms with Crippen LogP contribution in [-0.2, 0) is 4.79 Å². The van der Waals surface area contributed by atoms with E-state index >= 15 is 0 Å². The second kappa shape index (κ2) is 7.28. The highest BCUT2D eigenvalue weighted by Gasteiger charge is 2.32. The van der Waals surface area contributed by atoms with Crippen LogP contribution in [0.1, 0.15) is 40.3 Å². The third-order valence-electron chi connectivity index (χ3n) is 5.91. The van der Waals surface area contributed by atoms with Gasteiger partial charge in [-0.05, 0) is 44.0 Å². The van der Waals surface area contributed by atoms with E-state index < -0.39 is 0 Å². The van der Waals surface area contributed by atoms with Gasteiger partial charge in [-0.15, -0.1) is 0 Å². The molecule has 0 unspecified atom stereocenters. The van der Waals surface area contributed by atoms with E-state index in [9.17, 15) is 9.59 Å². The monoisotopic (exact) mass is 406 g/mol. The standard InChI is InChI=1S/C22H26N6O2/c1-13-11-15-18(24-13)12-16-20-17(25-21(16)29)5-6-19(26-20)28(14-3-4-14)10-8-23-7-9-27(2)22(15)30/h5-6,11-12,14,23-24H,3-4,7-10H2,1-2H3,(H,25,29)/b16-12-. The molecule has 0 atom stereocenters. The van der Waals surface area contributed by atoms with Crippen molar-refractivity contribution in [2.75, 3.05) is 43.4 Å². The first-order valence-corrected chi connectivity index (χ1v) is 10.5. The molecule has 1 aliphatic carbocycles. The lowest BCUT2D eigenvalue weighted by atomic mass is 10.1. The van der Waals surface area contributed by atoms with Crippen LogP contribution in [0.4, 0.5) is 11.5 Å². The van der Waals surface area contributed by atoms with E-state index in [0.29, 0.717) is 40.8 Å². The van der Waals surface area contributed by atoms with Crippen molar-refractivity contribution in [3.63, 3.8) is 0 Å². The number of amides is 2. The summed E-state index contributed by atoms with van der Waals surface area (Å²) in [5.41, 5.74) is 3.91. The third kappa shape index (κ3) is 3.37. The van der Waals surface area contributed by atoms with Gasteiger partial charge in [-0.2, -0.15) is 0 Å². The molecule has 8 nitrogen and oxygen atoms in total. The van der Waals surface area contributed by atoms with Crippen LogP contribution in [0.2, 0.25) is 0 Å². The van der Waals surface area contributed by atoms with Crippen molar-refractivity contribution in [1.29, 1.82) is 0 Å². The van der Waals surface area contributed by atoms with Crippen LogP contribution in [-0.4, -0.2) is 66.0 Å². The summed E-state index contributed by atoms with van der Waals surface area (Å²) in [5.74, 6) is 0.631. The van der Waals surface area contributed by atoms with E-state index in [1.165, 1.54) is 12.8 Å². The second-order valence-electron chi connectivity index (χ2n) is 8.26. The number of fused-ring (bicyclic) bond motifs is 2. The van der Waals surface area contributed by atoms with Crippen molar-refractivity contribution in [1.82, 2.24) is 20.2 Å². The van der Waals surface area contributed by atoms with E-state index in [4.69, 9.17) is 4.98 Å². The molecular weight excluding hydrogens is 380 g/mol. The van der Waals surface area contributed by atoms with Crippen LogP contribution >= 0.6 is 0 Å². The molecule has 30 heavy (non-hydrogen) atoms. The lowest BCUT2D eigenvalue weighted by Gasteiger charge is -2.24. The van der Waals surface area contributed by atoms with Gasteiger partial charge in [-0.1, -0.05) is 0 Å². The van der Waals surface area contributed by atoms with Crippen LogP contribution in [0.3, 0.4) is 0 Å². The number of carbonyl (C=O) groups is 2. The maximum atomic E-state index is 13.0. The maximum Gasteiger partial charge on any atom is 0.258 e. The topological polar surface area (TPSA) is 93.4 Å². The molecule has 1 fully saturated rings. The molecule has 0 radical (unpaired) electrons. The van der Waals surface area contributed by atoms with Gasteiger partial charge >= 0.3 is 0 Å². The molecule has 0 saturated heterocycles. The van der Waals surface area contributed by atoms with Gasteiger partial charge in [0.05, 0.1) is 22.5 Å². The first-order chi connectivity index (χ1) is 14.5. The van der Waals surface area contributed by atoms with Gasteiger partial charge in [-0.25, -0.2) is 4.98 Å². The third-order valence-corrected chi connectivity index (χ3v) is 5.91. The molecule has 2 aliphatic heterocycles. The summed E-state index contributed by atoms with van der Waals surface area (Å²) in [6.45, 7) is 4.89. The number of likely N-dealkylation sites (N-methyl/N-ethyl adjacent to an activating group) is 1. The van der Waals surface area contributed by atoms with Crippen LogP contribution in [0, 0.1) is 6.92 Å². The Morgan fingerprint density at radius 2 is 1.93 bits per heavy atom. The number of H-pyrrole nitrogens is 1. The minimum atomic E-state index is -0.197. The van der Waals surface area contributed by atoms with Crippen molar-refractivity contribution in [2.24, 2.45) is 0 Å². The van der Waals surface area contributed by atoms with Crippen LogP contribution in [0.15, 0.2) is 18.2 Å². The number of carbonyl (C=O) groups excluding carboxylic acids is 2. The number of aromatic nitrogens is 2. The molecule has 0 spiro atoms. The Bertz CT molecular complexity index is 1050. The molecule has 0 aromatic carbocycles. The number of hydrogen-bond acceptors (Lipinski definition) is 5. The van der Waals surface area contributed by atoms with E-state index in [1.54, 1.807) is 11.0 Å². The van der Waals surface area contributed by atoms with Gasteiger partial charge in [0.25, 0.3) is 11.8 Å². The first kappa shape index (κ1) is 18.9.